The first-order valence-electron chi connectivity index (χ1n) is 8.53. The summed E-state index contributed by atoms with van der Waals surface area (Å²) in [7, 11) is 0. The van der Waals surface area contributed by atoms with Gasteiger partial charge in [-0.1, -0.05) is 59.8 Å². The summed E-state index contributed by atoms with van der Waals surface area (Å²) in [5, 5.41) is 0. The van der Waals surface area contributed by atoms with E-state index in [1.807, 2.05) is 0 Å². The molecule has 1 saturated carbocycles. The van der Waals surface area contributed by atoms with Crippen LogP contribution in [0.4, 0.5) is 0 Å². The molecular weight excluding hydrogens is 324 g/mol. The maximum Gasteiger partial charge on any atom is 0.0246 e. The molecule has 2 nitrogen and oxygen atoms in total. The van der Waals surface area contributed by atoms with Gasteiger partial charge in [0.1, 0.15) is 0 Å². The summed E-state index contributed by atoms with van der Waals surface area (Å²) in [6.45, 7) is 6.04. The molecule has 0 N–H and O–H groups in total. The molecule has 0 unspecified atom stereocenters. The van der Waals surface area contributed by atoms with E-state index in [1.54, 1.807) is 0 Å². The van der Waals surface area contributed by atoms with E-state index in [-0.39, 0.29) is 0 Å². The Labute approximate surface area is 137 Å². The molecule has 0 bridgehead atoms. The van der Waals surface area contributed by atoms with Crippen LogP contribution < -0.4 is 0 Å². The van der Waals surface area contributed by atoms with Crippen LogP contribution in [0.2, 0.25) is 0 Å². The van der Waals surface area contributed by atoms with Crippen molar-refractivity contribution in [3.8, 4) is 0 Å². The first-order chi connectivity index (χ1) is 10.3. The Kier molecular flexibility index (Phi) is 5.73. The van der Waals surface area contributed by atoms with Crippen LogP contribution in [0.3, 0.4) is 0 Å². The molecule has 1 aromatic carbocycles. The SMILES string of the molecule is Brc1ccccc1CN1CCN(C2CCCCCC2)CC1. The molecule has 0 radical (unpaired) electrons. The minimum absolute atomic E-state index is 0.873. The van der Waals surface area contributed by atoms with Gasteiger partial charge in [-0.2, -0.15) is 0 Å². The maximum atomic E-state index is 3.67. The summed E-state index contributed by atoms with van der Waals surface area (Å²) >= 11 is 3.67. The van der Waals surface area contributed by atoms with Crippen molar-refractivity contribution in [2.24, 2.45) is 0 Å². The lowest BCUT2D eigenvalue weighted by atomic mass is 10.1. The third-order valence-electron chi connectivity index (χ3n) is 5.10. The highest BCUT2D eigenvalue weighted by Crippen LogP contribution is 2.24. The molecule has 1 aromatic rings. The van der Waals surface area contributed by atoms with Crippen molar-refractivity contribution in [1.82, 2.24) is 9.80 Å². The van der Waals surface area contributed by atoms with Crippen LogP contribution in [0.5, 0.6) is 0 Å². The summed E-state index contributed by atoms with van der Waals surface area (Å²) in [6.07, 6.45) is 8.68. The summed E-state index contributed by atoms with van der Waals surface area (Å²) in [5.41, 5.74) is 1.42. The van der Waals surface area contributed by atoms with Crippen LogP contribution in [0, 0.1) is 0 Å². The molecule has 116 valence electrons. The molecule has 2 aliphatic rings. The van der Waals surface area contributed by atoms with Crippen molar-refractivity contribution in [3.05, 3.63) is 34.3 Å². The van der Waals surface area contributed by atoms with Crippen LogP contribution in [-0.4, -0.2) is 42.0 Å². The third kappa shape index (κ3) is 4.30. The van der Waals surface area contributed by atoms with Gasteiger partial charge in [-0.25, -0.2) is 0 Å². The molecule has 1 aliphatic carbocycles. The van der Waals surface area contributed by atoms with Crippen LogP contribution in [0.1, 0.15) is 44.1 Å². The monoisotopic (exact) mass is 350 g/mol. The number of rotatable bonds is 3. The average molecular weight is 351 g/mol. The fraction of sp³-hybridized carbons (Fsp3) is 0.667. The van der Waals surface area contributed by atoms with Gasteiger partial charge in [-0.05, 0) is 24.5 Å². The van der Waals surface area contributed by atoms with Crippen LogP contribution in [-0.2, 0) is 6.54 Å². The molecule has 3 heteroatoms. The molecule has 21 heavy (non-hydrogen) atoms. The smallest absolute Gasteiger partial charge is 0.0246 e. The Morgan fingerprint density at radius 3 is 2.24 bits per heavy atom. The largest absolute Gasteiger partial charge is 0.298 e. The van der Waals surface area contributed by atoms with E-state index in [4.69, 9.17) is 0 Å². The summed E-state index contributed by atoms with van der Waals surface area (Å²) < 4.78 is 1.25. The van der Waals surface area contributed by atoms with E-state index in [2.05, 4.69) is 50.0 Å². The minimum Gasteiger partial charge on any atom is -0.298 e. The van der Waals surface area contributed by atoms with Gasteiger partial charge in [0.05, 0.1) is 0 Å². The molecule has 0 atom stereocenters. The number of benzene rings is 1. The Hall–Kier alpha value is -0.380. The summed E-state index contributed by atoms with van der Waals surface area (Å²) in [5.74, 6) is 0. The van der Waals surface area contributed by atoms with Gasteiger partial charge >= 0.3 is 0 Å². The Morgan fingerprint density at radius 1 is 0.905 bits per heavy atom. The molecule has 0 spiro atoms. The van der Waals surface area contributed by atoms with Gasteiger partial charge in [0.25, 0.3) is 0 Å². The standard InChI is InChI=1S/C18H27BrN2/c19-18-10-6-5-7-16(18)15-20-11-13-21(14-12-20)17-8-3-1-2-4-9-17/h5-7,10,17H,1-4,8-9,11-15H2. The lowest BCUT2D eigenvalue weighted by Gasteiger charge is -2.39. The van der Waals surface area contributed by atoms with E-state index in [0.717, 1.165) is 12.6 Å². The molecular formula is C18H27BrN2. The molecule has 1 aliphatic heterocycles. The van der Waals surface area contributed by atoms with Gasteiger partial charge < -0.3 is 0 Å². The van der Waals surface area contributed by atoms with Crippen LogP contribution >= 0.6 is 15.9 Å². The molecule has 0 aromatic heterocycles. The summed E-state index contributed by atoms with van der Waals surface area (Å²) in [6, 6.07) is 9.50. The molecule has 1 heterocycles. The average Bonchev–Trinajstić information content (AvgIpc) is 2.80. The Bertz CT molecular complexity index is 433. The van der Waals surface area contributed by atoms with Gasteiger partial charge in [-0.15, -0.1) is 0 Å². The lowest BCUT2D eigenvalue weighted by molar-refractivity contribution is 0.0850. The van der Waals surface area contributed by atoms with Crippen LogP contribution in [0.25, 0.3) is 0 Å². The van der Waals surface area contributed by atoms with E-state index < -0.39 is 0 Å². The number of piperazine rings is 1. The van der Waals surface area contributed by atoms with Crippen molar-refractivity contribution in [2.75, 3.05) is 26.2 Å². The first kappa shape index (κ1) is 15.5. The third-order valence-corrected chi connectivity index (χ3v) is 5.87. The number of hydrogen-bond acceptors (Lipinski definition) is 2. The molecule has 1 saturated heterocycles. The maximum absolute atomic E-state index is 3.67. The molecule has 2 fully saturated rings. The summed E-state index contributed by atoms with van der Waals surface area (Å²) in [4.78, 5) is 5.37. The highest BCUT2D eigenvalue weighted by atomic mass is 79.9. The predicted molar refractivity (Wildman–Crippen MR) is 92.5 cm³/mol. The van der Waals surface area contributed by atoms with Crippen molar-refractivity contribution in [2.45, 2.75) is 51.1 Å². The predicted octanol–water partition coefficient (Wildman–Crippen LogP) is 4.29. The second-order valence-electron chi connectivity index (χ2n) is 6.55. The highest BCUT2D eigenvalue weighted by Gasteiger charge is 2.24. The number of hydrogen-bond donors (Lipinski definition) is 0. The van der Waals surface area contributed by atoms with Crippen molar-refractivity contribution >= 4 is 15.9 Å². The van der Waals surface area contributed by atoms with Crippen molar-refractivity contribution < 1.29 is 0 Å². The Morgan fingerprint density at radius 2 is 1.57 bits per heavy atom. The normalized spacial score (nSPS) is 23.1. The zero-order valence-corrected chi connectivity index (χ0v) is 14.5. The van der Waals surface area contributed by atoms with E-state index >= 15 is 0 Å². The van der Waals surface area contributed by atoms with Crippen molar-refractivity contribution in [1.29, 1.82) is 0 Å². The second-order valence-corrected chi connectivity index (χ2v) is 7.40. The molecule has 3 rings (SSSR count). The minimum atomic E-state index is 0.873. The zero-order chi connectivity index (χ0) is 14.5. The quantitative estimate of drug-likeness (QED) is 0.750. The van der Waals surface area contributed by atoms with Crippen molar-refractivity contribution in [3.63, 3.8) is 0 Å². The van der Waals surface area contributed by atoms with Gasteiger partial charge in [-0.3, -0.25) is 9.80 Å². The first-order valence-corrected chi connectivity index (χ1v) is 9.32. The van der Waals surface area contributed by atoms with E-state index in [0.29, 0.717) is 0 Å². The zero-order valence-electron chi connectivity index (χ0n) is 12.9. The fourth-order valence-corrected chi connectivity index (χ4v) is 4.19. The van der Waals surface area contributed by atoms with Gasteiger partial charge in [0, 0.05) is 43.2 Å². The topological polar surface area (TPSA) is 6.48 Å². The van der Waals surface area contributed by atoms with Crippen LogP contribution in [0.15, 0.2) is 28.7 Å². The number of nitrogens with zero attached hydrogens (tertiary/aromatic N) is 2. The number of halogens is 1. The lowest BCUT2D eigenvalue weighted by Crippen LogP contribution is -2.49. The van der Waals surface area contributed by atoms with E-state index in [9.17, 15) is 0 Å². The fourth-order valence-electron chi connectivity index (χ4n) is 3.78. The van der Waals surface area contributed by atoms with Gasteiger partial charge in [0.15, 0.2) is 0 Å². The van der Waals surface area contributed by atoms with Gasteiger partial charge in [0.2, 0.25) is 0 Å². The van der Waals surface area contributed by atoms with E-state index in [1.165, 1.54) is 74.7 Å². The second kappa shape index (κ2) is 7.75. The molecule has 0 amide bonds. The highest BCUT2D eigenvalue weighted by molar-refractivity contribution is 9.10. The Balaban J connectivity index is 1.49.